The number of rotatable bonds is 9. The second-order valence-electron chi connectivity index (χ2n) is 14.0. The predicted molar refractivity (Wildman–Crippen MR) is 146 cm³/mol. The zero-order valence-corrected chi connectivity index (χ0v) is 24.2. The van der Waals surface area contributed by atoms with Crippen LogP contribution >= 0.6 is 0 Å². The summed E-state index contributed by atoms with van der Waals surface area (Å²) < 4.78 is 0. The Morgan fingerprint density at radius 3 is 2.13 bits per heavy atom. The molecule has 10 heteroatoms. The average molecular weight is 546 g/mol. The number of hydrogen-bond donors (Lipinski definition) is 4. The van der Waals surface area contributed by atoms with E-state index in [1.54, 1.807) is 4.90 Å². The molecule has 5 atom stereocenters. The van der Waals surface area contributed by atoms with E-state index in [1.165, 1.54) is 6.42 Å². The van der Waals surface area contributed by atoms with Gasteiger partial charge >= 0.3 is 6.03 Å². The molecular weight excluding hydrogens is 498 g/mol. The molecule has 39 heavy (non-hydrogen) atoms. The average Bonchev–Trinajstić information content (AvgIpc) is 3.15. The van der Waals surface area contributed by atoms with Crippen molar-refractivity contribution < 1.29 is 24.0 Å². The molecule has 3 unspecified atom stereocenters. The van der Waals surface area contributed by atoms with Gasteiger partial charge in [0.25, 0.3) is 5.91 Å². The Kier molecular flexibility index (Phi) is 8.34. The molecule has 1 aliphatic heterocycles. The number of Topliss-reactive ketones (excluding diaryl/α,β-unsaturated/α-hetero) is 1. The van der Waals surface area contributed by atoms with Crippen LogP contribution in [0.5, 0.6) is 0 Å². The number of carbonyl (C=O) groups is 5. The molecule has 0 aromatic rings. The first-order valence-electron chi connectivity index (χ1n) is 14.7. The number of fused-ring (bicyclic) bond motifs is 1. The number of nitrogens with zero attached hydrogens (tertiary/aromatic N) is 1. The maximum atomic E-state index is 14.0. The highest BCUT2D eigenvalue weighted by Crippen LogP contribution is 2.65. The van der Waals surface area contributed by atoms with E-state index < -0.39 is 41.1 Å². The van der Waals surface area contributed by atoms with Gasteiger partial charge in [-0.15, -0.1) is 0 Å². The maximum absolute atomic E-state index is 14.0. The van der Waals surface area contributed by atoms with Crippen LogP contribution in [0.25, 0.3) is 0 Å². The highest BCUT2D eigenvalue weighted by Gasteiger charge is 2.70. The van der Waals surface area contributed by atoms with E-state index in [9.17, 15) is 24.0 Å². The molecule has 0 spiro atoms. The quantitative estimate of drug-likeness (QED) is 0.328. The molecule has 0 aromatic heterocycles. The van der Waals surface area contributed by atoms with Crippen LogP contribution in [0.2, 0.25) is 0 Å². The van der Waals surface area contributed by atoms with Gasteiger partial charge in [0.15, 0.2) is 0 Å². The Bertz CT molecular complexity index is 995. The molecule has 0 bridgehead atoms. The monoisotopic (exact) mass is 545 g/mol. The van der Waals surface area contributed by atoms with Gasteiger partial charge in [-0.2, -0.15) is 0 Å². The molecule has 5 amide bonds. The minimum Gasteiger partial charge on any atom is -0.363 e. The lowest BCUT2D eigenvalue weighted by molar-refractivity contribution is -0.145. The molecule has 3 aliphatic carbocycles. The molecule has 0 radical (unpaired) electrons. The number of amides is 5. The fraction of sp³-hybridized carbons (Fsp3) is 0.828. The van der Waals surface area contributed by atoms with Crippen molar-refractivity contribution in [3.8, 4) is 0 Å². The van der Waals surface area contributed by atoms with Crippen molar-refractivity contribution in [1.29, 1.82) is 0 Å². The predicted octanol–water partition coefficient (Wildman–Crippen LogP) is 2.25. The normalized spacial score (nSPS) is 27.9. The van der Waals surface area contributed by atoms with E-state index in [-0.39, 0.29) is 41.1 Å². The zero-order chi connectivity index (χ0) is 28.7. The third-order valence-electron chi connectivity index (χ3n) is 9.76. The minimum absolute atomic E-state index is 0.0637. The van der Waals surface area contributed by atoms with Crippen LogP contribution < -0.4 is 21.7 Å². The number of nitrogens with two attached hydrogens (primary N) is 1. The van der Waals surface area contributed by atoms with Crippen molar-refractivity contribution in [2.45, 2.75) is 117 Å². The minimum atomic E-state index is -1.07. The first kappa shape index (κ1) is 29.3. The van der Waals surface area contributed by atoms with E-state index >= 15 is 0 Å². The third-order valence-corrected chi connectivity index (χ3v) is 9.76. The van der Waals surface area contributed by atoms with E-state index in [1.807, 2.05) is 20.8 Å². The number of piperidine rings is 1. The molecule has 218 valence electrons. The molecule has 4 rings (SSSR count). The Labute approximate surface area is 231 Å². The topological polar surface area (TPSA) is 151 Å². The van der Waals surface area contributed by atoms with Crippen molar-refractivity contribution >= 4 is 29.5 Å². The highest BCUT2D eigenvalue weighted by molar-refractivity contribution is 6.37. The second kappa shape index (κ2) is 11.1. The van der Waals surface area contributed by atoms with Crippen LogP contribution in [-0.4, -0.2) is 65.1 Å². The first-order chi connectivity index (χ1) is 18.2. The Hall–Kier alpha value is -2.65. The van der Waals surface area contributed by atoms with E-state index in [0.29, 0.717) is 13.0 Å². The summed E-state index contributed by atoms with van der Waals surface area (Å²) in [4.78, 5) is 66.7. The number of primary amides is 1. The summed E-state index contributed by atoms with van der Waals surface area (Å²) in [5, 5.41) is 8.75. The molecule has 4 aliphatic rings. The van der Waals surface area contributed by atoms with Gasteiger partial charge in [-0.3, -0.25) is 19.2 Å². The van der Waals surface area contributed by atoms with Crippen LogP contribution in [-0.2, 0) is 19.2 Å². The summed E-state index contributed by atoms with van der Waals surface area (Å²) in [6, 6.07) is -2.88. The number of ketones is 1. The summed E-state index contributed by atoms with van der Waals surface area (Å²) in [5.41, 5.74) is 4.58. The fourth-order valence-electron chi connectivity index (χ4n) is 6.95. The van der Waals surface area contributed by atoms with Crippen LogP contribution in [0, 0.1) is 28.6 Å². The number of carbonyl (C=O) groups excluding carboxylic acids is 5. The number of urea groups is 1. The molecule has 1 saturated heterocycles. The second-order valence-corrected chi connectivity index (χ2v) is 14.0. The van der Waals surface area contributed by atoms with Crippen LogP contribution in [0.15, 0.2) is 0 Å². The van der Waals surface area contributed by atoms with E-state index in [4.69, 9.17) is 5.73 Å². The lowest BCUT2D eigenvalue weighted by atomic mass is 9.80. The molecule has 1 heterocycles. The van der Waals surface area contributed by atoms with Gasteiger partial charge in [-0.05, 0) is 47.8 Å². The van der Waals surface area contributed by atoms with Gasteiger partial charge in [0.05, 0.1) is 6.04 Å². The van der Waals surface area contributed by atoms with Gasteiger partial charge in [0.2, 0.25) is 17.6 Å². The Morgan fingerprint density at radius 1 is 0.949 bits per heavy atom. The van der Waals surface area contributed by atoms with E-state index in [0.717, 1.165) is 44.9 Å². The van der Waals surface area contributed by atoms with Gasteiger partial charge in [0, 0.05) is 12.6 Å². The molecule has 3 saturated carbocycles. The van der Waals surface area contributed by atoms with Gasteiger partial charge < -0.3 is 26.6 Å². The number of likely N-dealkylation sites (tertiary alicyclic amines) is 1. The standard InChI is InChI=1S/C29H47N5O5/c1-28(2,3)23(33-27(39)31-17-12-7-6-8-13-17)26(38)34-15-18-20(29(18,4)5)21(34)25(37)32-19(22(35)24(30)36)14-16-10-9-11-16/h16-21,23H,6-15H2,1-5H3,(H2,30,36)(H,32,37)(H2,31,33,39)/t18?,19?,20?,21-,23+/m0/s1. The van der Waals surface area contributed by atoms with Gasteiger partial charge in [-0.1, -0.05) is 73.1 Å². The van der Waals surface area contributed by atoms with Crippen molar-refractivity contribution in [2.24, 2.45) is 34.3 Å². The Balaban J connectivity index is 1.50. The van der Waals surface area contributed by atoms with Crippen LogP contribution in [0.4, 0.5) is 4.79 Å². The third kappa shape index (κ3) is 6.24. The largest absolute Gasteiger partial charge is 0.363 e. The Morgan fingerprint density at radius 2 is 1.59 bits per heavy atom. The molecule has 0 aromatic carbocycles. The lowest BCUT2D eigenvalue weighted by Gasteiger charge is -2.38. The fourth-order valence-corrected chi connectivity index (χ4v) is 6.95. The lowest BCUT2D eigenvalue weighted by Crippen LogP contribution is -2.61. The summed E-state index contributed by atoms with van der Waals surface area (Å²) >= 11 is 0. The van der Waals surface area contributed by atoms with Crippen molar-refractivity contribution in [1.82, 2.24) is 20.9 Å². The van der Waals surface area contributed by atoms with Gasteiger partial charge in [0.1, 0.15) is 12.1 Å². The molecule has 10 nitrogen and oxygen atoms in total. The van der Waals surface area contributed by atoms with Crippen LogP contribution in [0.3, 0.4) is 0 Å². The SMILES string of the molecule is CC1(C)C2CN(C(=O)[C@@H](NC(=O)NC3CCCCC3)C(C)(C)C)[C@H](C(=O)NC(CC3CCC3)C(=O)C(N)=O)C21. The summed E-state index contributed by atoms with van der Waals surface area (Å²) in [6.07, 6.45) is 8.53. The van der Waals surface area contributed by atoms with Crippen molar-refractivity contribution in [2.75, 3.05) is 6.54 Å². The van der Waals surface area contributed by atoms with Crippen molar-refractivity contribution in [3.63, 3.8) is 0 Å². The number of nitrogens with one attached hydrogen (secondary N) is 3. The number of hydrogen-bond acceptors (Lipinski definition) is 5. The molecule has 4 fully saturated rings. The molecule has 5 N–H and O–H groups in total. The summed E-state index contributed by atoms with van der Waals surface area (Å²) in [5.74, 6) is -2.25. The smallest absolute Gasteiger partial charge is 0.315 e. The highest BCUT2D eigenvalue weighted by atomic mass is 16.2. The first-order valence-corrected chi connectivity index (χ1v) is 14.7. The van der Waals surface area contributed by atoms with E-state index in [2.05, 4.69) is 29.8 Å². The van der Waals surface area contributed by atoms with Crippen LogP contribution in [0.1, 0.15) is 92.4 Å². The molecular formula is C29H47N5O5. The van der Waals surface area contributed by atoms with Crippen molar-refractivity contribution in [3.05, 3.63) is 0 Å². The summed E-state index contributed by atoms with van der Waals surface area (Å²) in [6.45, 7) is 10.3. The maximum Gasteiger partial charge on any atom is 0.315 e. The van der Waals surface area contributed by atoms with Gasteiger partial charge in [-0.25, -0.2) is 4.79 Å². The summed E-state index contributed by atoms with van der Waals surface area (Å²) in [7, 11) is 0. The zero-order valence-electron chi connectivity index (χ0n) is 24.2.